The standard InChI is InChI=1S/C26H31N3O2/c1-15(2)21-13-22(17(4)11-16(21)3)24-23(25(31-28-24)26(30)27-5)19-7-8-20-14-29(6)10-9-18(20)12-19/h7-8,11-13,15H,9-10,14H2,1-6H3,(H,27,30). The molecular formula is C26H31N3O2. The second-order valence-electron chi connectivity index (χ2n) is 8.96. The number of hydrogen-bond acceptors (Lipinski definition) is 4. The number of nitrogens with one attached hydrogen (secondary N) is 1. The number of amides is 1. The van der Waals surface area contributed by atoms with Gasteiger partial charge in [0.15, 0.2) is 0 Å². The highest BCUT2D eigenvalue weighted by molar-refractivity contribution is 6.02. The average molecular weight is 418 g/mol. The summed E-state index contributed by atoms with van der Waals surface area (Å²) in [5.74, 6) is 0.394. The van der Waals surface area contributed by atoms with E-state index in [0.29, 0.717) is 5.92 Å². The smallest absolute Gasteiger partial charge is 0.290 e. The predicted octanol–water partition coefficient (Wildman–Crippen LogP) is 5.10. The monoisotopic (exact) mass is 417 g/mol. The van der Waals surface area contributed by atoms with Crippen LogP contribution in [0.1, 0.15) is 58.1 Å². The van der Waals surface area contributed by atoms with Gasteiger partial charge in [0.05, 0.1) is 5.56 Å². The Hall–Kier alpha value is -2.92. The van der Waals surface area contributed by atoms with E-state index in [1.807, 2.05) is 0 Å². The molecule has 1 aliphatic heterocycles. The van der Waals surface area contributed by atoms with Crippen LogP contribution in [0.5, 0.6) is 0 Å². The zero-order valence-corrected chi connectivity index (χ0v) is 19.3. The molecule has 2 aromatic carbocycles. The maximum atomic E-state index is 12.6. The molecule has 0 spiro atoms. The first-order chi connectivity index (χ1) is 14.8. The molecule has 1 aromatic heterocycles. The first-order valence-electron chi connectivity index (χ1n) is 10.9. The average Bonchev–Trinajstić information content (AvgIpc) is 3.17. The van der Waals surface area contributed by atoms with Crippen LogP contribution < -0.4 is 5.32 Å². The van der Waals surface area contributed by atoms with Crippen molar-refractivity contribution in [1.82, 2.24) is 15.4 Å². The van der Waals surface area contributed by atoms with Crippen LogP contribution in [-0.2, 0) is 13.0 Å². The second-order valence-corrected chi connectivity index (χ2v) is 8.96. The molecule has 0 aliphatic carbocycles. The third-order valence-corrected chi connectivity index (χ3v) is 6.31. The number of hydrogen-bond donors (Lipinski definition) is 1. The third kappa shape index (κ3) is 3.90. The van der Waals surface area contributed by atoms with Gasteiger partial charge in [-0.15, -0.1) is 0 Å². The highest BCUT2D eigenvalue weighted by atomic mass is 16.5. The zero-order chi connectivity index (χ0) is 22.3. The normalized spacial score (nSPS) is 14.0. The molecule has 0 saturated carbocycles. The molecule has 1 aliphatic rings. The Morgan fingerprint density at radius 1 is 1.13 bits per heavy atom. The van der Waals surface area contributed by atoms with Crippen molar-refractivity contribution >= 4 is 5.91 Å². The van der Waals surface area contributed by atoms with Crippen molar-refractivity contribution in [3.8, 4) is 22.4 Å². The first-order valence-corrected chi connectivity index (χ1v) is 10.9. The van der Waals surface area contributed by atoms with E-state index in [4.69, 9.17) is 4.52 Å². The first kappa shape index (κ1) is 21.3. The fourth-order valence-electron chi connectivity index (χ4n) is 4.61. The summed E-state index contributed by atoms with van der Waals surface area (Å²) in [4.78, 5) is 15.0. The van der Waals surface area contributed by atoms with Gasteiger partial charge >= 0.3 is 0 Å². The lowest BCUT2D eigenvalue weighted by molar-refractivity contribution is 0.0927. The summed E-state index contributed by atoms with van der Waals surface area (Å²) in [7, 11) is 3.76. The number of likely N-dealkylation sites (N-methyl/N-ethyl adjacent to an activating group) is 1. The molecule has 162 valence electrons. The molecule has 0 bridgehead atoms. The molecule has 0 radical (unpaired) electrons. The fourth-order valence-corrected chi connectivity index (χ4v) is 4.61. The van der Waals surface area contributed by atoms with Gasteiger partial charge in [-0.1, -0.05) is 43.3 Å². The summed E-state index contributed by atoms with van der Waals surface area (Å²) in [5, 5.41) is 7.10. The van der Waals surface area contributed by atoms with E-state index in [9.17, 15) is 4.79 Å². The van der Waals surface area contributed by atoms with Crippen molar-refractivity contribution in [2.75, 3.05) is 20.6 Å². The Morgan fingerprint density at radius 3 is 2.61 bits per heavy atom. The van der Waals surface area contributed by atoms with Crippen molar-refractivity contribution in [2.24, 2.45) is 0 Å². The Balaban J connectivity index is 1.92. The fraction of sp³-hybridized carbons (Fsp3) is 0.385. The van der Waals surface area contributed by atoms with Crippen LogP contribution in [0.15, 0.2) is 34.9 Å². The lowest BCUT2D eigenvalue weighted by atomic mass is 9.88. The molecule has 31 heavy (non-hydrogen) atoms. The molecule has 2 heterocycles. The molecule has 5 nitrogen and oxygen atoms in total. The van der Waals surface area contributed by atoms with Crippen LogP contribution in [0.25, 0.3) is 22.4 Å². The van der Waals surface area contributed by atoms with Gasteiger partial charge in [0.1, 0.15) is 5.69 Å². The summed E-state index contributed by atoms with van der Waals surface area (Å²) >= 11 is 0. The molecule has 5 heteroatoms. The van der Waals surface area contributed by atoms with Gasteiger partial charge in [0.25, 0.3) is 5.91 Å². The Labute approximate surface area is 184 Å². The minimum absolute atomic E-state index is 0.261. The zero-order valence-electron chi connectivity index (χ0n) is 19.3. The van der Waals surface area contributed by atoms with Crippen molar-refractivity contribution in [2.45, 2.75) is 46.6 Å². The quantitative estimate of drug-likeness (QED) is 0.642. The van der Waals surface area contributed by atoms with E-state index in [2.05, 4.69) is 80.4 Å². The van der Waals surface area contributed by atoms with Crippen LogP contribution >= 0.6 is 0 Å². The Bertz CT molecular complexity index is 1140. The minimum atomic E-state index is -0.264. The molecule has 0 saturated heterocycles. The van der Waals surface area contributed by atoms with Gasteiger partial charge in [-0.3, -0.25) is 4.79 Å². The molecule has 1 N–H and O–H groups in total. The van der Waals surface area contributed by atoms with E-state index in [1.165, 1.54) is 22.3 Å². The molecule has 0 unspecified atom stereocenters. The van der Waals surface area contributed by atoms with Gasteiger partial charge < -0.3 is 14.7 Å². The van der Waals surface area contributed by atoms with Crippen LogP contribution in [0.4, 0.5) is 0 Å². The Morgan fingerprint density at radius 2 is 1.90 bits per heavy atom. The molecule has 4 rings (SSSR count). The van der Waals surface area contributed by atoms with Gasteiger partial charge in [0, 0.05) is 25.7 Å². The molecular weight excluding hydrogens is 386 g/mol. The van der Waals surface area contributed by atoms with Crippen molar-refractivity contribution < 1.29 is 9.32 Å². The number of rotatable bonds is 4. The van der Waals surface area contributed by atoms with Crippen LogP contribution in [0, 0.1) is 13.8 Å². The summed E-state index contributed by atoms with van der Waals surface area (Å²) in [6, 6.07) is 10.9. The maximum absolute atomic E-state index is 12.6. The number of aromatic nitrogens is 1. The number of carbonyl (C=O) groups is 1. The van der Waals surface area contributed by atoms with E-state index >= 15 is 0 Å². The number of fused-ring (bicyclic) bond motifs is 1. The molecule has 1 amide bonds. The lowest BCUT2D eigenvalue weighted by Gasteiger charge is -2.25. The number of benzene rings is 2. The van der Waals surface area contributed by atoms with Gasteiger partial charge in [-0.2, -0.15) is 0 Å². The molecule has 0 fully saturated rings. The van der Waals surface area contributed by atoms with E-state index in [1.54, 1.807) is 7.05 Å². The number of nitrogens with zero attached hydrogens (tertiary/aromatic N) is 2. The van der Waals surface area contributed by atoms with Crippen LogP contribution in [0.2, 0.25) is 0 Å². The topological polar surface area (TPSA) is 58.4 Å². The second kappa shape index (κ2) is 8.31. The molecule has 3 aromatic rings. The maximum Gasteiger partial charge on any atom is 0.290 e. The third-order valence-electron chi connectivity index (χ3n) is 6.31. The minimum Gasteiger partial charge on any atom is -0.352 e. The lowest BCUT2D eigenvalue weighted by Crippen LogP contribution is -2.26. The SMILES string of the molecule is CNC(=O)c1onc(-c2cc(C(C)C)c(C)cc2C)c1-c1ccc2c(c1)CCN(C)C2. The highest BCUT2D eigenvalue weighted by Gasteiger charge is 2.26. The largest absolute Gasteiger partial charge is 0.352 e. The summed E-state index contributed by atoms with van der Waals surface area (Å²) in [5.41, 5.74) is 9.83. The highest BCUT2D eigenvalue weighted by Crippen LogP contribution is 2.39. The summed E-state index contributed by atoms with van der Waals surface area (Å²) < 4.78 is 5.63. The van der Waals surface area contributed by atoms with Gasteiger partial charge in [0.2, 0.25) is 5.76 Å². The van der Waals surface area contributed by atoms with Crippen molar-refractivity contribution in [1.29, 1.82) is 0 Å². The summed E-state index contributed by atoms with van der Waals surface area (Å²) in [6.45, 7) is 10.6. The van der Waals surface area contributed by atoms with Gasteiger partial charge in [-0.05, 0) is 72.7 Å². The van der Waals surface area contributed by atoms with Crippen LogP contribution in [-0.4, -0.2) is 36.6 Å². The van der Waals surface area contributed by atoms with E-state index in [-0.39, 0.29) is 11.7 Å². The number of aryl methyl sites for hydroxylation is 2. The van der Waals surface area contributed by atoms with E-state index < -0.39 is 0 Å². The molecule has 0 atom stereocenters. The predicted molar refractivity (Wildman–Crippen MR) is 124 cm³/mol. The van der Waals surface area contributed by atoms with Crippen molar-refractivity contribution in [3.63, 3.8) is 0 Å². The van der Waals surface area contributed by atoms with Crippen molar-refractivity contribution in [3.05, 3.63) is 63.9 Å². The van der Waals surface area contributed by atoms with E-state index in [0.717, 1.165) is 47.5 Å². The van der Waals surface area contributed by atoms with Gasteiger partial charge in [-0.25, -0.2) is 0 Å². The summed E-state index contributed by atoms with van der Waals surface area (Å²) in [6.07, 6.45) is 0.997. The number of carbonyl (C=O) groups excluding carboxylic acids is 1. The van der Waals surface area contributed by atoms with Crippen LogP contribution in [0.3, 0.4) is 0 Å². The Kier molecular flexibility index (Phi) is 5.71.